The van der Waals surface area contributed by atoms with Gasteiger partial charge in [-0.3, -0.25) is 5.43 Å². The van der Waals surface area contributed by atoms with Crippen molar-refractivity contribution in [2.45, 2.75) is 92.2 Å². The van der Waals surface area contributed by atoms with Gasteiger partial charge in [0.2, 0.25) is 11.9 Å². The summed E-state index contributed by atoms with van der Waals surface area (Å²) in [6.45, 7) is 14.9. The molecule has 10 rings (SSSR count). The summed E-state index contributed by atoms with van der Waals surface area (Å²) >= 11 is 0. The third-order valence-electron chi connectivity index (χ3n) is 16.1. The number of hydrogen-bond acceptors (Lipinski definition) is 3. The zero-order chi connectivity index (χ0) is 35.8. The number of guanidine groups is 2. The van der Waals surface area contributed by atoms with Gasteiger partial charge in [0.1, 0.15) is 0 Å². The van der Waals surface area contributed by atoms with Gasteiger partial charge in [-0.2, -0.15) is 5.01 Å². The topological polar surface area (TPSA) is 78.0 Å². The van der Waals surface area contributed by atoms with Gasteiger partial charge >= 0.3 is 0 Å². The Bertz CT molecular complexity index is 2280. The van der Waals surface area contributed by atoms with E-state index in [1.54, 1.807) is 0 Å². The number of hydrazine groups is 1. The molecule has 0 saturated heterocycles. The lowest BCUT2D eigenvalue weighted by atomic mass is 9.69. The number of rotatable bonds is 5. The second-order valence-electron chi connectivity index (χ2n) is 18.4. The molecule has 4 saturated carbocycles. The molecule has 6 nitrogen and oxygen atoms in total. The van der Waals surface area contributed by atoms with Crippen molar-refractivity contribution in [2.75, 3.05) is 5.43 Å². The maximum absolute atomic E-state index is 7.34. The molecule has 6 aliphatic rings. The summed E-state index contributed by atoms with van der Waals surface area (Å²) in [4.78, 5) is 11.1. The maximum Gasteiger partial charge on any atom is 0.223 e. The molecule has 52 heavy (non-hydrogen) atoms. The molecule has 0 radical (unpaired) electrons. The highest BCUT2D eigenvalue weighted by atomic mass is 15.6. The van der Waals surface area contributed by atoms with Crippen LogP contribution >= 0.6 is 0 Å². The summed E-state index contributed by atoms with van der Waals surface area (Å²) in [6, 6.07) is 22.1. The Kier molecular flexibility index (Phi) is 6.63. The second-order valence-corrected chi connectivity index (χ2v) is 18.4. The fraction of sp³-hybridized carbons (Fsp3) is 0.435. The number of nitrogens with zero attached hydrogens (tertiary/aromatic N) is 3. The highest BCUT2D eigenvalue weighted by Gasteiger charge is 2.63. The average Bonchev–Trinajstić information content (AvgIpc) is 3.92. The molecule has 6 atom stereocenters. The van der Waals surface area contributed by atoms with Gasteiger partial charge in [-0.25, -0.2) is 9.98 Å². The lowest BCUT2D eigenvalue weighted by molar-refractivity contribution is 0.126. The van der Waals surface area contributed by atoms with Crippen LogP contribution in [0.1, 0.15) is 102 Å². The van der Waals surface area contributed by atoms with E-state index in [9.17, 15) is 0 Å². The molecule has 0 spiro atoms. The molecule has 4 fully saturated rings. The van der Waals surface area contributed by atoms with E-state index in [2.05, 4.69) is 137 Å². The third kappa shape index (κ3) is 4.24. The molecular weight excluding hydrogens is 637 g/mol. The molecule has 6 heteroatoms. The number of aliphatic imine (C=N–C) groups is 2. The van der Waals surface area contributed by atoms with E-state index in [-0.39, 0.29) is 33.7 Å². The Balaban J connectivity index is 1.14. The smallest absolute Gasteiger partial charge is 0.223 e. The van der Waals surface area contributed by atoms with E-state index in [1.165, 1.54) is 58.7 Å². The van der Waals surface area contributed by atoms with Crippen molar-refractivity contribution in [1.29, 1.82) is 0 Å². The molecule has 6 aliphatic carbocycles. The summed E-state index contributed by atoms with van der Waals surface area (Å²) in [5, 5.41) is 10.9. The van der Waals surface area contributed by atoms with Crippen LogP contribution in [0, 0.1) is 33.5 Å². The van der Waals surface area contributed by atoms with Crippen molar-refractivity contribution in [3.05, 3.63) is 82.9 Å². The predicted molar refractivity (Wildman–Crippen MR) is 219 cm³/mol. The molecule has 0 aliphatic heterocycles. The zero-order valence-corrected chi connectivity index (χ0v) is 31.6. The number of hydrogen-bond donors (Lipinski definition) is 3. The molecule has 4 aromatic rings. The lowest BCUT2D eigenvalue weighted by Crippen LogP contribution is -2.57. The Morgan fingerprint density at radius 2 is 1.27 bits per heavy atom. The van der Waals surface area contributed by atoms with E-state index in [4.69, 9.17) is 15.7 Å². The van der Waals surface area contributed by atoms with Gasteiger partial charge < -0.3 is 11.1 Å². The highest BCUT2D eigenvalue weighted by molar-refractivity contribution is 6.12. The average molecular weight is 689 g/mol. The van der Waals surface area contributed by atoms with Crippen molar-refractivity contribution in [3.8, 4) is 0 Å². The highest BCUT2D eigenvalue weighted by Crippen LogP contribution is 2.67. The maximum atomic E-state index is 7.34. The Morgan fingerprint density at radius 1 is 0.692 bits per heavy atom. The van der Waals surface area contributed by atoms with Crippen molar-refractivity contribution in [2.24, 2.45) is 49.2 Å². The summed E-state index contributed by atoms with van der Waals surface area (Å²) in [5.41, 5.74) is 18.7. The number of fused-ring (bicyclic) bond motifs is 4. The van der Waals surface area contributed by atoms with Gasteiger partial charge in [0.05, 0.1) is 17.4 Å². The molecule has 0 heterocycles. The van der Waals surface area contributed by atoms with Gasteiger partial charge in [-0.1, -0.05) is 114 Å². The summed E-state index contributed by atoms with van der Waals surface area (Å²) < 4.78 is 0. The number of benzene rings is 4. The van der Waals surface area contributed by atoms with Crippen LogP contribution in [-0.4, -0.2) is 29.0 Å². The van der Waals surface area contributed by atoms with Crippen LogP contribution in [0.5, 0.6) is 0 Å². The fourth-order valence-corrected chi connectivity index (χ4v) is 11.8. The van der Waals surface area contributed by atoms with E-state index < -0.39 is 0 Å². The van der Waals surface area contributed by atoms with Crippen LogP contribution in [0.3, 0.4) is 0 Å². The molecule has 0 amide bonds. The first-order valence-electron chi connectivity index (χ1n) is 19.6. The van der Waals surface area contributed by atoms with Crippen LogP contribution in [0.2, 0.25) is 0 Å². The quantitative estimate of drug-likeness (QED) is 0.0957. The number of nitrogens with one attached hydrogen (secondary N) is 2. The first kappa shape index (κ1) is 32.1. The minimum atomic E-state index is 0.110. The van der Waals surface area contributed by atoms with Crippen molar-refractivity contribution in [1.82, 2.24) is 10.3 Å². The predicted octanol–water partition coefficient (Wildman–Crippen LogP) is 10.6. The molecule has 6 unspecified atom stereocenters. The minimum Gasteiger partial charge on any atom is -0.368 e. The van der Waals surface area contributed by atoms with Crippen LogP contribution in [-0.2, 0) is 0 Å². The summed E-state index contributed by atoms with van der Waals surface area (Å²) in [7, 11) is 0. The van der Waals surface area contributed by atoms with Gasteiger partial charge in [-0.15, -0.1) is 0 Å². The SMILES string of the molecule is CC1(C)C2CCC1(C)C(N=C(NC1CC3CCC1(C)C3(C)C)N(Nc1ccc3c4c(cccc14)C=C3)C(N)=Nc1ccc3c4c(cccc14)C=C3)C2. The zero-order valence-electron chi connectivity index (χ0n) is 31.6. The molecule has 4 N–H and O–H groups in total. The lowest BCUT2D eigenvalue weighted by Gasteiger charge is -2.42. The van der Waals surface area contributed by atoms with Crippen molar-refractivity contribution >= 4 is 69.1 Å². The first-order chi connectivity index (χ1) is 24.9. The van der Waals surface area contributed by atoms with Gasteiger partial charge in [-0.05, 0) is 117 Å². The van der Waals surface area contributed by atoms with E-state index in [0.29, 0.717) is 17.8 Å². The minimum absolute atomic E-state index is 0.110. The summed E-state index contributed by atoms with van der Waals surface area (Å²) in [6.07, 6.45) is 16.1. The van der Waals surface area contributed by atoms with Gasteiger partial charge in [0.25, 0.3) is 0 Å². The molecular formula is C46H52N6. The van der Waals surface area contributed by atoms with Crippen molar-refractivity contribution < 1.29 is 0 Å². The van der Waals surface area contributed by atoms with Crippen LogP contribution in [0.4, 0.5) is 11.4 Å². The fourth-order valence-electron chi connectivity index (χ4n) is 11.8. The summed E-state index contributed by atoms with van der Waals surface area (Å²) in [5.74, 6) is 2.53. The largest absolute Gasteiger partial charge is 0.368 e. The first-order valence-corrected chi connectivity index (χ1v) is 19.6. The van der Waals surface area contributed by atoms with Crippen LogP contribution in [0.15, 0.2) is 70.6 Å². The Hall–Kier alpha value is -4.58. The van der Waals surface area contributed by atoms with Crippen LogP contribution < -0.4 is 16.5 Å². The van der Waals surface area contributed by atoms with E-state index in [1.807, 2.05) is 5.01 Å². The molecule has 4 aromatic carbocycles. The normalized spacial score (nSPS) is 31.4. The number of nitrogens with two attached hydrogens (primary N) is 1. The van der Waals surface area contributed by atoms with E-state index >= 15 is 0 Å². The Labute approximate surface area is 308 Å². The van der Waals surface area contributed by atoms with Crippen LogP contribution in [0.25, 0.3) is 45.8 Å². The second kappa shape index (κ2) is 10.7. The molecule has 0 aromatic heterocycles. The molecule has 4 bridgehead atoms. The number of anilines is 1. The standard InChI is InChI=1S/C46H52N6/c1-43(2)31-21-23-45(43,5)37(25-31)49-42(50-38-26-32-22-24-46(38,6)44(32,3)4)52(51-36-20-18-30-16-14-28-10-8-12-34(36)40(28)30)41(47)48-35-19-17-29-15-13-27-9-7-11-33(35)39(27)29/h7-20,31-32,37-38,51H,21-26H2,1-6H3,(H2,47,48)(H,49,50). The van der Waals surface area contributed by atoms with Gasteiger partial charge in [0, 0.05) is 16.8 Å². The third-order valence-corrected chi connectivity index (χ3v) is 16.1. The van der Waals surface area contributed by atoms with Gasteiger partial charge in [0.15, 0.2) is 0 Å². The van der Waals surface area contributed by atoms with Crippen molar-refractivity contribution in [3.63, 3.8) is 0 Å². The van der Waals surface area contributed by atoms with E-state index in [0.717, 1.165) is 40.9 Å². The molecule has 266 valence electrons. The monoisotopic (exact) mass is 688 g/mol. The Morgan fingerprint density at radius 3 is 1.87 bits per heavy atom.